The maximum Gasteiger partial charge on any atom is 0.487 e. The van der Waals surface area contributed by atoms with Gasteiger partial charge >= 0.3 is 13.3 Å². The van der Waals surface area contributed by atoms with Crippen molar-refractivity contribution in [1.29, 1.82) is 0 Å². The molecule has 0 amide bonds. The van der Waals surface area contributed by atoms with Crippen molar-refractivity contribution in [2.75, 3.05) is 0 Å². The van der Waals surface area contributed by atoms with Crippen molar-refractivity contribution in [1.82, 2.24) is 0 Å². The third-order valence-corrected chi connectivity index (χ3v) is 4.11. The van der Waals surface area contributed by atoms with Gasteiger partial charge in [-0.05, 0) is 52.4 Å². The Morgan fingerprint density at radius 3 is 2.15 bits per heavy atom. The summed E-state index contributed by atoms with van der Waals surface area (Å²) >= 11 is 0. The van der Waals surface area contributed by atoms with Crippen LogP contribution in [0.5, 0.6) is 0 Å². The summed E-state index contributed by atoms with van der Waals surface area (Å²) in [6.07, 6.45) is -2.83. The molecular formula is C13H22BF3O3. The van der Waals surface area contributed by atoms with Crippen molar-refractivity contribution < 1.29 is 28.0 Å². The highest BCUT2D eigenvalue weighted by Crippen LogP contribution is 2.38. The number of hydrogen-bond acceptors (Lipinski definition) is 3. The van der Waals surface area contributed by atoms with Crippen LogP contribution in [0.4, 0.5) is 13.2 Å². The van der Waals surface area contributed by atoms with Crippen LogP contribution in [0, 0.1) is 5.92 Å². The maximum absolute atomic E-state index is 12.5. The number of aliphatic hydroxyl groups is 1. The van der Waals surface area contributed by atoms with Gasteiger partial charge in [0.15, 0.2) is 0 Å². The Bertz CT molecular complexity index is 372. The van der Waals surface area contributed by atoms with E-state index in [1.807, 2.05) is 0 Å². The van der Waals surface area contributed by atoms with Crippen LogP contribution in [-0.4, -0.2) is 34.6 Å². The van der Waals surface area contributed by atoms with Gasteiger partial charge in [0, 0.05) is 0 Å². The molecule has 2 N–H and O–H groups in total. The van der Waals surface area contributed by atoms with Gasteiger partial charge < -0.3 is 14.8 Å². The van der Waals surface area contributed by atoms with Crippen molar-refractivity contribution in [3.05, 3.63) is 11.5 Å². The molecule has 3 nitrogen and oxygen atoms in total. The van der Waals surface area contributed by atoms with Gasteiger partial charge in [0.05, 0.1) is 17.1 Å². The summed E-state index contributed by atoms with van der Waals surface area (Å²) in [7, 11) is -1.29. The average Bonchev–Trinajstić information content (AvgIpc) is 2.26. The summed E-state index contributed by atoms with van der Waals surface area (Å²) in [5.74, 6) is -1.35. The van der Waals surface area contributed by atoms with E-state index in [1.165, 1.54) is 6.08 Å². The predicted octanol–water partition coefficient (Wildman–Crippen LogP) is 2.86. The molecule has 7 heteroatoms. The summed E-state index contributed by atoms with van der Waals surface area (Å²) < 4.78 is 43.0. The van der Waals surface area contributed by atoms with Crippen molar-refractivity contribution in [2.45, 2.75) is 64.3 Å². The molecule has 0 aromatic rings. The summed E-state index contributed by atoms with van der Waals surface area (Å²) in [6, 6.07) is 0. The van der Waals surface area contributed by atoms with Crippen LogP contribution < -0.4 is 0 Å². The first-order chi connectivity index (χ1) is 8.84. The number of rotatable bonds is 4. The lowest BCUT2D eigenvalue weighted by atomic mass is 9.69. The molecule has 0 fully saturated rings. The Balaban J connectivity index is 2.67. The lowest BCUT2D eigenvalue weighted by Crippen LogP contribution is -2.51. The standard InChI is InChI=1S/C13H22BF3O3/c1-11(2,18)12(3,4)20-14(19)10-7-5-9(6-8-10)13(15,16)17/h7,9,18-19H,5-6,8H2,1-4H3/t9-/m1/s1. The zero-order valence-corrected chi connectivity index (χ0v) is 12.3. The molecule has 0 aliphatic heterocycles. The van der Waals surface area contributed by atoms with Gasteiger partial charge in [0.2, 0.25) is 0 Å². The van der Waals surface area contributed by atoms with Crippen LogP contribution in [0.1, 0.15) is 47.0 Å². The van der Waals surface area contributed by atoms with Gasteiger partial charge in [0.25, 0.3) is 0 Å². The van der Waals surface area contributed by atoms with Gasteiger partial charge in [-0.3, -0.25) is 0 Å². The second kappa shape index (κ2) is 5.69. The minimum atomic E-state index is -4.19. The second-order valence-corrected chi connectivity index (χ2v) is 6.33. The molecule has 1 aliphatic rings. The Hall–Kier alpha value is -0.525. The Morgan fingerprint density at radius 2 is 1.80 bits per heavy atom. The first kappa shape index (κ1) is 17.5. The highest BCUT2D eigenvalue weighted by molar-refractivity contribution is 6.52. The molecule has 0 saturated heterocycles. The second-order valence-electron chi connectivity index (χ2n) is 6.33. The summed E-state index contributed by atoms with van der Waals surface area (Å²) in [5.41, 5.74) is -1.76. The Labute approximate surface area is 118 Å². The average molecular weight is 294 g/mol. The minimum Gasteiger partial charge on any atom is -0.423 e. The topological polar surface area (TPSA) is 49.7 Å². The molecule has 0 heterocycles. The zero-order chi connectivity index (χ0) is 15.8. The van der Waals surface area contributed by atoms with Crippen LogP contribution in [0.3, 0.4) is 0 Å². The van der Waals surface area contributed by atoms with Crippen molar-refractivity contribution in [3.63, 3.8) is 0 Å². The van der Waals surface area contributed by atoms with Crippen LogP contribution in [0.2, 0.25) is 0 Å². The predicted molar refractivity (Wildman–Crippen MR) is 70.9 cm³/mol. The lowest BCUT2D eigenvalue weighted by Gasteiger charge is -2.39. The van der Waals surface area contributed by atoms with Crippen LogP contribution in [0.15, 0.2) is 11.5 Å². The van der Waals surface area contributed by atoms with Gasteiger partial charge in [0.1, 0.15) is 0 Å². The van der Waals surface area contributed by atoms with E-state index in [0.717, 1.165) is 0 Å². The summed E-state index contributed by atoms with van der Waals surface area (Å²) in [5, 5.41) is 19.9. The van der Waals surface area contributed by atoms with E-state index in [0.29, 0.717) is 5.47 Å². The van der Waals surface area contributed by atoms with Gasteiger partial charge in [-0.15, -0.1) is 0 Å². The van der Waals surface area contributed by atoms with Crippen LogP contribution in [-0.2, 0) is 4.65 Å². The molecule has 0 aromatic carbocycles. The summed E-state index contributed by atoms with van der Waals surface area (Å²) in [4.78, 5) is 0. The lowest BCUT2D eigenvalue weighted by molar-refractivity contribution is -0.176. The fourth-order valence-electron chi connectivity index (χ4n) is 1.87. The van der Waals surface area contributed by atoms with E-state index in [9.17, 15) is 23.3 Å². The Kier molecular flexibility index (Phi) is 4.99. The molecule has 0 unspecified atom stereocenters. The molecule has 20 heavy (non-hydrogen) atoms. The first-order valence-electron chi connectivity index (χ1n) is 6.68. The molecule has 0 bridgehead atoms. The first-order valence-corrected chi connectivity index (χ1v) is 6.68. The molecule has 1 rings (SSSR count). The molecule has 116 valence electrons. The summed E-state index contributed by atoms with van der Waals surface area (Å²) in [6.45, 7) is 6.35. The van der Waals surface area contributed by atoms with Gasteiger partial charge in [-0.1, -0.05) is 6.08 Å². The van der Waals surface area contributed by atoms with E-state index >= 15 is 0 Å². The monoisotopic (exact) mass is 294 g/mol. The number of halogens is 3. The fraction of sp³-hybridized carbons (Fsp3) is 0.846. The van der Waals surface area contributed by atoms with E-state index in [1.54, 1.807) is 27.7 Å². The minimum absolute atomic E-state index is 0.0430. The molecule has 1 aliphatic carbocycles. The van der Waals surface area contributed by atoms with Crippen LogP contribution >= 0.6 is 0 Å². The molecule has 1 atom stereocenters. The van der Waals surface area contributed by atoms with Crippen molar-refractivity contribution >= 4 is 7.12 Å². The SMILES string of the molecule is CC(C)(O)C(C)(C)OB(O)C1=CC[C@@H](C(F)(F)F)CC1. The fourth-order valence-corrected chi connectivity index (χ4v) is 1.87. The van der Waals surface area contributed by atoms with E-state index in [4.69, 9.17) is 4.65 Å². The highest BCUT2D eigenvalue weighted by Gasteiger charge is 2.43. The molecular weight excluding hydrogens is 272 g/mol. The zero-order valence-electron chi connectivity index (χ0n) is 12.3. The third kappa shape index (κ3) is 4.23. The number of hydrogen-bond donors (Lipinski definition) is 2. The van der Waals surface area contributed by atoms with Crippen LogP contribution in [0.25, 0.3) is 0 Å². The highest BCUT2D eigenvalue weighted by atomic mass is 19.4. The van der Waals surface area contributed by atoms with E-state index in [-0.39, 0.29) is 19.3 Å². The largest absolute Gasteiger partial charge is 0.487 e. The van der Waals surface area contributed by atoms with Crippen molar-refractivity contribution in [3.8, 4) is 0 Å². The number of allylic oxidation sites excluding steroid dienone is 2. The van der Waals surface area contributed by atoms with Gasteiger partial charge in [-0.2, -0.15) is 13.2 Å². The normalized spacial score (nSPS) is 21.6. The molecule has 0 saturated carbocycles. The van der Waals surface area contributed by atoms with E-state index in [2.05, 4.69) is 0 Å². The maximum atomic E-state index is 12.5. The quantitative estimate of drug-likeness (QED) is 0.784. The molecule has 0 radical (unpaired) electrons. The smallest absolute Gasteiger partial charge is 0.423 e. The molecule has 0 spiro atoms. The third-order valence-electron chi connectivity index (χ3n) is 4.11. The van der Waals surface area contributed by atoms with E-state index < -0.39 is 30.4 Å². The Morgan fingerprint density at radius 1 is 1.25 bits per heavy atom. The van der Waals surface area contributed by atoms with Gasteiger partial charge in [-0.25, -0.2) is 0 Å². The number of alkyl halides is 3. The van der Waals surface area contributed by atoms with Crippen molar-refractivity contribution in [2.24, 2.45) is 5.92 Å². The molecule has 0 aromatic heterocycles.